The van der Waals surface area contributed by atoms with Gasteiger partial charge in [-0.25, -0.2) is 0 Å². The van der Waals surface area contributed by atoms with Gasteiger partial charge in [0.1, 0.15) is 0 Å². The number of hydrogen-bond acceptors (Lipinski definition) is 2. The van der Waals surface area contributed by atoms with Crippen LogP contribution < -0.4 is 0 Å². The molecule has 1 aromatic rings. The van der Waals surface area contributed by atoms with Gasteiger partial charge >= 0.3 is 0 Å². The Morgan fingerprint density at radius 2 is 1.86 bits per heavy atom. The van der Waals surface area contributed by atoms with Crippen molar-refractivity contribution in [1.82, 2.24) is 9.88 Å². The predicted octanol–water partition coefficient (Wildman–Crippen LogP) is 3.59. The van der Waals surface area contributed by atoms with Gasteiger partial charge in [0.15, 0.2) is 0 Å². The van der Waals surface area contributed by atoms with Crippen molar-refractivity contribution in [2.24, 2.45) is 5.41 Å². The molecule has 1 amide bonds. The van der Waals surface area contributed by atoms with Crippen LogP contribution in [0.25, 0.3) is 0 Å². The van der Waals surface area contributed by atoms with E-state index in [1.807, 2.05) is 18.2 Å². The third-order valence-corrected chi connectivity index (χ3v) is 5.41. The van der Waals surface area contributed by atoms with E-state index in [0.29, 0.717) is 17.7 Å². The molecule has 0 N–H and O–H groups in total. The maximum absolute atomic E-state index is 12.3. The summed E-state index contributed by atoms with van der Waals surface area (Å²) in [6.07, 6.45) is 12.6. The molecule has 3 rings (SSSR count). The summed E-state index contributed by atoms with van der Waals surface area (Å²) in [6.45, 7) is 1.95. The fourth-order valence-corrected chi connectivity index (χ4v) is 3.97. The van der Waals surface area contributed by atoms with Crippen LogP contribution in [0, 0.1) is 5.41 Å². The molecule has 114 valence electrons. The highest BCUT2D eigenvalue weighted by molar-refractivity contribution is 5.76. The van der Waals surface area contributed by atoms with Gasteiger partial charge in [-0.2, -0.15) is 0 Å². The first kappa shape index (κ1) is 14.6. The van der Waals surface area contributed by atoms with E-state index in [-0.39, 0.29) is 0 Å². The molecule has 1 saturated heterocycles. The Labute approximate surface area is 127 Å². The molecule has 2 aliphatic rings. The summed E-state index contributed by atoms with van der Waals surface area (Å²) < 4.78 is 0. The topological polar surface area (TPSA) is 33.2 Å². The standard InChI is InChI=1S/C18H26N2O/c21-17(8-7-16-6-2-5-13-19-16)20-14-11-18(12-15-20)9-3-1-4-10-18/h2,5-6,13H,1,3-4,7-12,14-15H2. The lowest BCUT2D eigenvalue weighted by Gasteiger charge is -2.44. The fraction of sp³-hybridized carbons (Fsp3) is 0.667. The third-order valence-electron chi connectivity index (χ3n) is 5.41. The molecule has 2 fully saturated rings. The Hall–Kier alpha value is -1.38. The van der Waals surface area contributed by atoms with Gasteiger partial charge in [-0.05, 0) is 49.7 Å². The van der Waals surface area contributed by atoms with Gasteiger partial charge < -0.3 is 4.90 Å². The van der Waals surface area contributed by atoms with Gasteiger partial charge in [-0.3, -0.25) is 9.78 Å². The van der Waals surface area contributed by atoms with E-state index in [4.69, 9.17) is 0 Å². The molecule has 1 aliphatic heterocycles. The van der Waals surface area contributed by atoms with E-state index in [1.165, 1.54) is 44.9 Å². The molecule has 21 heavy (non-hydrogen) atoms. The van der Waals surface area contributed by atoms with Crippen LogP contribution in [0.1, 0.15) is 57.1 Å². The number of carbonyl (C=O) groups excluding carboxylic acids is 1. The third kappa shape index (κ3) is 3.63. The van der Waals surface area contributed by atoms with Crippen molar-refractivity contribution in [3.05, 3.63) is 30.1 Å². The maximum atomic E-state index is 12.3. The molecule has 1 saturated carbocycles. The van der Waals surface area contributed by atoms with Crippen molar-refractivity contribution in [2.45, 2.75) is 57.8 Å². The zero-order valence-electron chi connectivity index (χ0n) is 12.9. The first-order valence-corrected chi connectivity index (χ1v) is 8.45. The minimum atomic E-state index is 0.311. The van der Waals surface area contributed by atoms with E-state index < -0.39 is 0 Å². The first-order valence-electron chi connectivity index (χ1n) is 8.45. The maximum Gasteiger partial charge on any atom is 0.222 e. The van der Waals surface area contributed by atoms with Crippen LogP contribution in [0.4, 0.5) is 0 Å². The summed E-state index contributed by atoms with van der Waals surface area (Å²) in [5.74, 6) is 0.311. The molecule has 0 atom stereocenters. The van der Waals surface area contributed by atoms with E-state index in [0.717, 1.165) is 25.2 Å². The number of amides is 1. The van der Waals surface area contributed by atoms with Crippen LogP contribution >= 0.6 is 0 Å². The van der Waals surface area contributed by atoms with E-state index in [1.54, 1.807) is 6.20 Å². The van der Waals surface area contributed by atoms with Crippen molar-refractivity contribution in [3.8, 4) is 0 Å². The molecule has 3 nitrogen and oxygen atoms in total. The smallest absolute Gasteiger partial charge is 0.222 e. The number of nitrogens with zero attached hydrogens (tertiary/aromatic N) is 2. The molecule has 1 aromatic heterocycles. The van der Waals surface area contributed by atoms with Crippen molar-refractivity contribution >= 4 is 5.91 Å². The highest BCUT2D eigenvalue weighted by Gasteiger charge is 2.36. The Bertz CT molecular complexity index is 455. The van der Waals surface area contributed by atoms with Gasteiger partial charge in [0, 0.05) is 31.4 Å². The quantitative estimate of drug-likeness (QED) is 0.851. The molecule has 0 bridgehead atoms. The Morgan fingerprint density at radius 3 is 2.52 bits per heavy atom. The van der Waals surface area contributed by atoms with Crippen molar-refractivity contribution in [1.29, 1.82) is 0 Å². The monoisotopic (exact) mass is 286 g/mol. The molecule has 0 radical (unpaired) electrons. The van der Waals surface area contributed by atoms with E-state index in [9.17, 15) is 4.79 Å². The minimum Gasteiger partial charge on any atom is -0.343 e. The van der Waals surface area contributed by atoms with Crippen molar-refractivity contribution in [3.63, 3.8) is 0 Å². The Balaban J connectivity index is 1.46. The highest BCUT2D eigenvalue weighted by atomic mass is 16.2. The molecule has 0 aromatic carbocycles. The molecule has 1 aliphatic carbocycles. The van der Waals surface area contributed by atoms with Crippen LogP contribution in [0.15, 0.2) is 24.4 Å². The Kier molecular flexibility index (Phi) is 4.57. The number of likely N-dealkylation sites (tertiary alicyclic amines) is 1. The summed E-state index contributed by atoms with van der Waals surface area (Å²) in [5.41, 5.74) is 1.60. The second-order valence-corrected chi connectivity index (χ2v) is 6.76. The van der Waals surface area contributed by atoms with Gasteiger partial charge in [0.05, 0.1) is 0 Å². The summed E-state index contributed by atoms with van der Waals surface area (Å²) in [6, 6.07) is 5.90. The number of carbonyl (C=O) groups is 1. The van der Waals surface area contributed by atoms with Crippen molar-refractivity contribution in [2.75, 3.05) is 13.1 Å². The minimum absolute atomic E-state index is 0.311. The molecule has 1 spiro atoms. The van der Waals surface area contributed by atoms with E-state index in [2.05, 4.69) is 9.88 Å². The number of pyridine rings is 1. The summed E-state index contributed by atoms with van der Waals surface area (Å²) in [5, 5.41) is 0. The van der Waals surface area contributed by atoms with Crippen LogP contribution in [-0.2, 0) is 11.2 Å². The molecule has 2 heterocycles. The molecule has 3 heteroatoms. The summed E-state index contributed by atoms with van der Waals surface area (Å²) in [7, 11) is 0. The highest BCUT2D eigenvalue weighted by Crippen LogP contribution is 2.44. The zero-order chi connectivity index (χ0) is 14.5. The van der Waals surface area contributed by atoms with Crippen LogP contribution in [0.5, 0.6) is 0 Å². The van der Waals surface area contributed by atoms with Crippen LogP contribution in [-0.4, -0.2) is 28.9 Å². The lowest BCUT2D eigenvalue weighted by molar-refractivity contribution is -0.133. The molecule has 0 unspecified atom stereocenters. The predicted molar refractivity (Wildman–Crippen MR) is 83.9 cm³/mol. The molecular formula is C18H26N2O. The lowest BCUT2D eigenvalue weighted by Crippen LogP contribution is -2.44. The first-order chi connectivity index (χ1) is 10.3. The SMILES string of the molecule is O=C(CCc1ccccn1)N1CCC2(CCCCC2)CC1. The summed E-state index contributed by atoms with van der Waals surface area (Å²) in [4.78, 5) is 18.7. The lowest BCUT2D eigenvalue weighted by atomic mass is 9.68. The average molecular weight is 286 g/mol. The van der Waals surface area contributed by atoms with Crippen LogP contribution in [0.2, 0.25) is 0 Å². The average Bonchev–Trinajstić information content (AvgIpc) is 2.55. The summed E-state index contributed by atoms with van der Waals surface area (Å²) >= 11 is 0. The van der Waals surface area contributed by atoms with Gasteiger partial charge in [-0.1, -0.05) is 25.3 Å². The number of aryl methyl sites for hydroxylation is 1. The fourth-order valence-electron chi connectivity index (χ4n) is 3.97. The largest absolute Gasteiger partial charge is 0.343 e. The van der Waals surface area contributed by atoms with Crippen molar-refractivity contribution < 1.29 is 4.79 Å². The number of piperidine rings is 1. The van der Waals surface area contributed by atoms with Gasteiger partial charge in [0.2, 0.25) is 5.91 Å². The second-order valence-electron chi connectivity index (χ2n) is 6.76. The number of rotatable bonds is 3. The number of aromatic nitrogens is 1. The second kappa shape index (κ2) is 6.59. The molecular weight excluding hydrogens is 260 g/mol. The number of hydrogen-bond donors (Lipinski definition) is 0. The van der Waals surface area contributed by atoms with E-state index >= 15 is 0 Å². The van der Waals surface area contributed by atoms with Gasteiger partial charge in [0.25, 0.3) is 0 Å². The van der Waals surface area contributed by atoms with Crippen LogP contribution in [0.3, 0.4) is 0 Å². The van der Waals surface area contributed by atoms with Gasteiger partial charge in [-0.15, -0.1) is 0 Å². The zero-order valence-corrected chi connectivity index (χ0v) is 12.9. The normalized spacial score (nSPS) is 21.4. The Morgan fingerprint density at radius 1 is 1.10 bits per heavy atom.